The fraction of sp³-hybridized carbons (Fsp3) is 0.438. The number of hydrogen-bond acceptors (Lipinski definition) is 4. The summed E-state index contributed by atoms with van der Waals surface area (Å²) in [5, 5.41) is 21.6. The number of nitrogens with one attached hydrogen (secondary N) is 1. The summed E-state index contributed by atoms with van der Waals surface area (Å²) in [6.45, 7) is 3.32. The normalized spacial score (nSPS) is 33.1. The van der Waals surface area contributed by atoms with Crippen LogP contribution in [0.2, 0.25) is 0 Å². The van der Waals surface area contributed by atoms with Gasteiger partial charge in [0.25, 0.3) is 5.24 Å². The number of carboxylic acids is 1. The van der Waals surface area contributed by atoms with Gasteiger partial charge in [-0.1, -0.05) is 18.2 Å². The van der Waals surface area contributed by atoms with E-state index in [1.807, 2.05) is 6.07 Å². The molecule has 0 bridgehead atoms. The molecular weight excluding hydrogens is 332 g/mol. The van der Waals surface area contributed by atoms with Crippen LogP contribution in [0, 0.1) is 0 Å². The molecular formula is C16H20N2O5S. The fourth-order valence-electron chi connectivity index (χ4n) is 3.75. The minimum Gasteiger partial charge on any atom is -0.480 e. The van der Waals surface area contributed by atoms with Crippen LogP contribution in [0.1, 0.15) is 20.3 Å². The molecule has 2 amide bonds. The number of aliphatic hydroxyl groups is 1. The third-order valence-corrected chi connectivity index (χ3v) is 9.67. The summed E-state index contributed by atoms with van der Waals surface area (Å²) in [5.74, 6) is -1.87. The van der Waals surface area contributed by atoms with Gasteiger partial charge in [0.1, 0.15) is 6.04 Å². The number of aliphatic hydroxyl groups excluding tert-OH is 1. The summed E-state index contributed by atoms with van der Waals surface area (Å²) < 4.78 is -1.04. The largest absolute Gasteiger partial charge is 0.480 e. The number of para-hydroxylation sites is 1. The highest BCUT2D eigenvalue weighted by Gasteiger charge is 2.71. The van der Waals surface area contributed by atoms with Gasteiger partial charge in [-0.15, -0.1) is 10.0 Å². The Morgan fingerprint density at radius 3 is 2.42 bits per heavy atom. The van der Waals surface area contributed by atoms with Crippen LogP contribution < -0.4 is 5.32 Å². The Balaban J connectivity index is 2.03. The Labute approximate surface area is 141 Å². The third-order valence-electron chi connectivity index (χ3n) is 5.08. The SMILES string of the molecule is CC1(C)[C@H](C(=O)O)N2C(=O)C[C@H]2S1(CO)C(=O)Nc1ccccc1. The van der Waals surface area contributed by atoms with Gasteiger partial charge < -0.3 is 20.4 Å². The first-order valence-electron chi connectivity index (χ1n) is 7.57. The molecule has 3 rings (SSSR count). The van der Waals surface area contributed by atoms with Crippen molar-refractivity contribution in [1.82, 2.24) is 4.90 Å². The zero-order chi connectivity index (χ0) is 17.7. The molecule has 2 aliphatic rings. The van der Waals surface area contributed by atoms with Gasteiger partial charge in [0.2, 0.25) is 5.91 Å². The molecule has 3 atom stereocenters. The first-order valence-corrected chi connectivity index (χ1v) is 9.44. The van der Waals surface area contributed by atoms with Crippen molar-refractivity contribution in [3.63, 3.8) is 0 Å². The number of carboxylic acid groups (broad SMARTS) is 1. The van der Waals surface area contributed by atoms with Gasteiger partial charge >= 0.3 is 5.97 Å². The predicted octanol–water partition coefficient (Wildman–Crippen LogP) is 1.78. The number of anilines is 1. The molecule has 1 aromatic rings. The topological polar surface area (TPSA) is 107 Å². The van der Waals surface area contributed by atoms with E-state index in [4.69, 9.17) is 0 Å². The number of fused-ring (bicyclic) bond motifs is 1. The van der Waals surface area contributed by atoms with Crippen molar-refractivity contribution in [1.29, 1.82) is 0 Å². The second kappa shape index (κ2) is 5.49. The second-order valence-electron chi connectivity index (χ2n) is 6.50. The van der Waals surface area contributed by atoms with E-state index in [-0.39, 0.29) is 17.6 Å². The number of amides is 2. The summed E-state index contributed by atoms with van der Waals surface area (Å²) in [4.78, 5) is 38.1. The van der Waals surface area contributed by atoms with Crippen molar-refractivity contribution >= 4 is 32.8 Å². The van der Waals surface area contributed by atoms with Crippen molar-refractivity contribution in [2.75, 3.05) is 11.3 Å². The Kier molecular flexibility index (Phi) is 3.84. The van der Waals surface area contributed by atoms with E-state index in [1.165, 1.54) is 4.90 Å². The number of β-lactam (4-membered cyclic amide) rings is 1. The smallest absolute Gasteiger partial charge is 0.327 e. The van der Waals surface area contributed by atoms with Crippen molar-refractivity contribution in [2.24, 2.45) is 0 Å². The molecule has 1 unspecified atom stereocenters. The molecule has 0 spiro atoms. The summed E-state index contributed by atoms with van der Waals surface area (Å²) in [7, 11) is -2.49. The maximum Gasteiger partial charge on any atom is 0.327 e. The molecule has 0 saturated carbocycles. The number of nitrogens with zero attached hydrogens (tertiary/aromatic N) is 1. The van der Waals surface area contributed by atoms with Crippen molar-refractivity contribution < 1.29 is 24.6 Å². The van der Waals surface area contributed by atoms with Crippen molar-refractivity contribution in [3.8, 4) is 0 Å². The molecule has 2 saturated heterocycles. The minimum absolute atomic E-state index is 0.102. The van der Waals surface area contributed by atoms with E-state index >= 15 is 0 Å². The molecule has 1 aromatic carbocycles. The molecule has 24 heavy (non-hydrogen) atoms. The number of carbonyl (C=O) groups is 3. The van der Waals surface area contributed by atoms with Crippen LogP contribution in [0.5, 0.6) is 0 Å². The molecule has 2 aliphatic heterocycles. The molecule has 0 aliphatic carbocycles. The third kappa shape index (κ3) is 1.99. The van der Waals surface area contributed by atoms with Gasteiger partial charge in [0.15, 0.2) is 0 Å². The highest BCUT2D eigenvalue weighted by atomic mass is 32.3. The predicted molar refractivity (Wildman–Crippen MR) is 90.9 cm³/mol. The molecule has 8 heteroatoms. The van der Waals surface area contributed by atoms with Crippen LogP contribution in [0.3, 0.4) is 0 Å². The lowest BCUT2D eigenvalue weighted by Crippen LogP contribution is -2.57. The molecule has 2 heterocycles. The van der Waals surface area contributed by atoms with Crippen molar-refractivity contribution in [3.05, 3.63) is 30.3 Å². The van der Waals surface area contributed by atoms with E-state index in [9.17, 15) is 24.6 Å². The average molecular weight is 352 g/mol. The highest BCUT2D eigenvalue weighted by Crippen LogP contribution is 2.73. The quantitative estimate of drug-likeness (QED) is 0.719. The number of hydrogen-bond donors (Lipinski definition) is 3. The van der Waals surface area contributed by atoms with E-state index in [0.29, 0.717) is 5.69 Å². The lowest BCUT2D eigenvalue weighted by Gasteiger charge is -2.48. The summed E-state index contributed by atoms with van der Waals surface area (Å²) >= 11 is 0. The van der Waals surface area contributed by atoms with Crippen LogP contribution in [0.4, 0.5) is 10.5 Å². The number of carbonyl (C=O) groups excluding carboxylic acids is 2. The lowest BCUT2D eigenvalue weighted by atomic mass is 9.98. The van der Waals surface area contributed by atoms with E-state index in [1.54, 1.807) is 38.1 Å². The first kappa shape index (κ1) is 16.8. The molecule has 0 aromatic heterocycles. The van der Waals surface area contributed by atoms with Gasteiger partial charge in [-0.25, -0.2) is 4.79 Å². The van der Waals surface area contributed by atoms with Gasteiger partial charge in [0, 0.05) is 10.4 Å². The molecule has 3 N–H and O–H groups in total. The standard InChI is InChI=1S/C16H20N2O5S/c1-16(2)13(14(21)22)18-11(20)8-12(18)24(16,9-19)15(23)17-10-6-4-3-5-7-10/h3-7,12-13,19H,8-9H2,1-2H3,(H,17,23)(H,21,22)/t12-,13+/m1/s1. The zero-order valence-electron chi connectivity index (χ0n) is 13.4. The molecule has 130 valence electrons. The summed E-state index contributed by atoms with van der Waals surface area (Å²) in [6, 6.07) is 7.71. The van der Waals surface area contributed by atoms with Crippen LogP contribution in [0.25, 0.3) is 0 Å². The van der Waals surface area contributed by atoms with Crippen LogP contribution in [-0.2, 0) is 9.59 Å². The number of aliphatic carboxylic acids is 1. The van der Waals surface area contributed by atoms with Crippen molar-refractivity contribution in [2.45, 2.75) is 36.4 Å². The highest BCUT2D eigenvalue weighted by molar-refractivity contribution is 8.46. The van der Waals surface area contributed by atoms with E-state index < -0.39 is 38.1 Å². The molecule has 0 radical (unpaired) electrons. The molecule has 7 nitrogen and oxygen atoms in total. The first-order chi connectivity index (χ1) is 11.3. The van der Waals surface area contributed by atoms with Crippen LogP contribution in [0.15, 0.2) is 30.3 Å². The summed E-state index contributed by atoms with van der Waals surface area (Å²) in [6.07, 6.45) is 0.102. The Hall–Kier alpha value is -2.06. The Morgan fingerprint density at radius 1 is 1.33 bits per heavy atom. The Morgan fingerprint density at radius 2 is 1.96 bits per heavy atom. The van der Waals surface area contributed by atoms with Crippen LogP contribution >= 0.6 is 10.0 Å². The fourth-order valence-corrected chi connectivity index (χ4v) is 7.77. The average Bonchev–Trinajstić information content (AvgIpc) is 2.69. The van der Waals surface area contributed by atoms with Gasteiger partial charge in [-0.05, 0) is 26.0 Å². The van der Waals surface area contributed by atoms with E-state index in [0.717, 1.165) is 0 Å². The number of benzene rings is 1. The second-order valence-corrected chi connectivity index (χ2v) is 10.3. The van der Waals surface area contributed by atoms with Crippen LogP contribution in [-0.4, -0.2) is 54.3 Å². The lowest BCUT2D eigenvalue weighted by molar-refractivity contribution is -0.157. The van der Waals surface area contributed by atoms with E-state index in [2.05, 4.69) is 5.32 Å². The minimum atomic E-state index is -2.49. The Bertz CT molecular complexity index is 708. The van der Waals surface area contributed by atoms with Gasteiger partial charge in [-0.2, -0.15) is 0 Å². The summed E-state index contributed by atoms with van der Waals surface area (Å²) in [5.41, 5.74) is 0.578. The number of rotatable bonds is 3. The zero-order valence-corrected chi connectivity index (χ0v) is 14.2. The molecule has 2 fully saturated rings. The maximum atomic E-state index is 13.1. The van der Waals surface area contributed by atoms with Gasteiger partial charge in [0.05, 0.1) is 17.7 Å². The van der Waals surface area contributed by atoms with Gasteiger partial charge in [-0.3, -0.25) is 9.59 Å². The monoisotopic (exact) mass is 352 g/mol. The maximum absolute atomic E-state index is 13.1.